The van der Waals surface area contributed by atoms with Crippen LogP contribution in [0.4, 0.5) is 0 Å². The molecule has 0 fully saturated rings. The number of hydrogen-bond donors (Lipinski definition) is 1. The topological polar surface area (TPSA) is 80.1 Å². The minimum absolute atomic E-state index is 0.0639. The molecule has 0 amide bonds. The van der Waals surface area contributed by atoms with E-state index >= 15 is 0 Å². The van der Waals surface area contributed by atoms with Crippen molar-refractivity contribution in [2.45, 2.75) is 12.1 Å². The number of nitrogens with one attached hydrogen (secondary N) is 1. The normalized spacial score (nSPS) is 11.0. The van der Waals surface area contributed by atoms with Gasteiger partial charge in [0.25, 0.3) is 5.56 Å². The van der Waals surface area contributed by atoms with E-state index in [0.717, 1.165) is 0 Å². The Morgan fingerprint density at radius 2 is 2.09 bits per heavy atom. The van der Waals surface area contributed by atoms with Crippen molar-refractivity contribution >= 4 is 34.9 Å². The molecule has 0 saturated carbocycles. The highest BCUT2D eigenvalue weighted by atomic mass is 35.5. The number of Topliss-reactive ketones (excluding diaryl/α,β-unsaturated/α-hetero) is 1. The number of benzene rings is 1. The van der Waals surface area contributed by atoms with Gasteiger partial charge in [-0.15, -0.1) is 5.10 Å². The molecule has 112 valence electrons. The van der Waals surface area contributed by atoms with Gasteiger partial charge in [0.2, 0.25) is 5.78 Å². The first-order valence-corrected chi connectivity index (χ1v) is 7.77. The maximum absolute atomic E-state index is 12.1. The van der Waals surface area contributed by atoms with Gasteiger partial charge in [-0.2, -0.15) is 0 Å². The SMILES string of the molecule is Cc1cc(=O)n2c(SCC(=O)c3ccc(Cl)cc3)n[nH]c2n1. The highest BCUT2D eigenvalue weighted by Gasteiger charge is 2.12. The Hall–Kier alpha value is -2.12. The van der Waals surface area contributed by atoms with Crippen LogP contribution in [0.2, 0.25) is 5.02 Å². The Balaban J connectivity index is 1.81. The number of aryl methyl sites for hydroxylation is 1. The summed E-state index contributed by atoms with van der Waals surface area (Å²) in [6.45, 7) is 1.74. The summed E-state index contributed by atoms with van der Waals surface area (Å²) in [5, 5.41) is 7.73. The van der Waals surface area contributed by atoms with Crippen LogP contribution in [0.5, 0.6) is 0 Å². The van der Waals surface area contributed by atoms with Crippen LogP contribution in [-0.4, -0.2) is 31.1 Å². The second-order valence-electron chi connectivity index (χ2n) is 4.62. The predicted octanol–water partition coefficient (Wildman–Crippen LogP) is 2.35. The van der Waals surface area contributed by atoms with Crippen LogP contribution in [-0.2, 0) is 0 Å². The van der Waals surface area contributed by atoms with Crippen LogP contribution >= 0.6 is 23.4 Å². The monoisotopic (exact) mass is 334 g/mol. The average molecular weight is 335 g/mol. The molecule has 2 aromatic heterocycles. The van der Waals surface area contributed by atoms with Gasteiger partial charge in [0, 0.05) is 22.3 Å². The van der Waals surface area contributed by atoms with Crippen molar-refractivity contribution in [2.75, 3.05) is 5.75 Å². The summed E-state index contributed by atoms with van der Waals surface area (Å²) in [6.07, 6.45) is 0. The Morgan fingerprint density at radius 3 is 2.82 bits per heavy atom. The van der Waals surface area contributed by atoms with Crippen molar-refractivity contribution in [3.63, 3.8) is 0 Å². The molecule has 1 aromatic carbocycles. The number of halogens is 1. The van der Waals surface area contributed by atoms with Crippen molar-refractivity contribution < 1.29 is 4.79 Å². The second kappa shape index (κ2) is 5.94. The first-order chi connectivity index (χ1) is 10.5. The van der Waals surface area contributed by atoms with Gasteiger partial charge < -0.3 is 0 Å². The lowest BCUT2D eigenvalue weighted by atomic mass is 10.1. The molecular weight excluding hydrogens is 324 g/mol. The van der Waals surface area contributed by atoms with E-state index in [2.05, 4.69) is 15.2 Å². The molecule has 8 heteroatoms. The van der Waals surface area contributed by atoms with Crippen molar-refractivity contribution in [3.05, 3.63) is 57.0 Å². The largest absolute Gasteiger partial charge is 0.293 e. The quantitative estimate of drug-likeness (QED) is 0.585. The molecule has 0 saturated heterocycles. The maximum Gasteiger partial charge on any atom is 0.261 e. The fourth-order valence-corrected chi connectivity index (χ4v) is 2.92. The first-order valence-electron chi connectivity index (χ1n) is 6.41. The van der Waals surface area contributed by atoms with Crippen molar-refractivity contribution in [1.29, 1.82) is 0 Å². The standard InChI is InChI=1S/C14H11ClN4O2S/c1-8-6-12(21)19-13(16-8)17-18-14(19)22-7-11(20)9-2-4-10(15)5-3-9/h2-6H,7H2,1H3,(H,16,17). The number of ketones is 1. The number of rotatable bonds is 4. The van der Waals surface area contributed by atoms with Crippen LogP contribution in [0.1, 0.15) is 16.1 Å². The minimum atomic E-state index is -0.224. The fraction of sp³-hybridized carbons (Fsp3) is 0.143. The van der Waals surface area contributed by atoms with Crippen LogP contribution in [0.25, 0.3) is 5.78 Å². The molecule has 0 aliphatic rings. The van der Waals surface area contributed by atoms with Gasteiger partial charge >= 0.3 is 0 Å². The molecule has 0 aliphatic heterocycles. The summed E-state index contributed by atoms with van der Waals surface area (Å²) in [7, 11) is 0. The van der Waals surface area contributed by atoms with E-state index in [1.165, 1.54) is 22.2 Å². The van der Waals surface area contributed by atoms with E-state index in [4.69, 9.17) is 11.6 Å². The number of hydrogen-bond acceptors (Lipinski definition) is 5. The summed E-state index contributed by atoms with van der Waals surface area (Å²) in [6, 6.07) is 8.10. The van der Waals surface area contributed by atoms with E-state index in [0.29, 0.717) is 27.2 Å². The second-order valence-corrected chi connectivity index (χ2v) is 6.00. The number of aromatic amines is 1. The third kappa shape index (κ3) is 2.90. The van der Waals surface area contributed by atoms with Gasteiger partial charge in [0.1, 0.15) is 0 Å². The number of fused-ring (bicyclic) bond motifs is 1. The van der Waals surface area contributed by atoms with E-state index in [-0.39, 0.29) is 17.1 Å². The molecule has 3 rings (SSSR count). The molecule has 0 spiro atoms. The number of thioether (sulfide) groups is 1. The number of carbonyl (C=O) groups is 1. The molecule has 3 aromatic rings. The Bertz CT molecular complexity index is 901. The van der Waals surface area contributed by atoms with E-state index in [9.17, 15) is 9.59 Å². The molecular formula is C14H11ClN4O2S. The third-order valence-electron chi connectivity index (χ3n) is 2.99. The number of H-pyrrole nitrogens is 1. The molecule has 22 heavy (non-hydrogen) atoms. The van der Waals surface area contributed by atoms with E-state index < -0.39 is 0 Å². The van der Waals surface area contributed by atoms with Gasteiger partial charge in [0.05, 0.1) is 5.75 Å². The Labute approximate surface area is 134 Å². The van der Waals surface area contributed by atoms with Crippen LogP contribution in [0.15, 0.2) is 40.3 Å². The number of aromatic nitrogens is 4. The lowest BCUT2D eigenvalue weighted by Gasteiger charge is -2.01. The Kier molecular flexibility index (Phi) is 4.00. The van der Waals surface area contributed by atoms with Crippen molar-refractivity contribution in [3.8, 4) is 0 Å². The molecule has 0 bridgehead atoms. The average Bonchev–Trinajstić information content (AvgIpc) is 2.88. The zero-order valence-corrected chi connectivity index (χ0v) is 13.1. The highest BCUT2D eigenvalue weighted by molar-refractivity contribution is 7.99. The first kappa shape index (κ1) is 14.8. The van der Waals surface area contributed by atoms with Gasteiger partial charge in [-0.05, 0) is 31.2 Å². The van der Waals surface area contributed by atoms with Crippen molar-refractivity contribution in [1.82, 2.24) is 19.6 Å². The van der Waals surface area contributed by atoms with Crippen LogP contribution < -0.4 is 5.56 Å². The summed E-state index contributed by atoms with van der Waals surface area (Å²) in [4.78, 5) is 28.3. The summed E-state index contributed by atoms with van der Waals surface area (Å²) < 4.78 is 1.35. The maximum atomic E-state index is 12.1. The Morgan fingerprint density at radius 1 is 1.36 bits per heavy atom. The van der Waals surface area contributed by atoms with Crippen molar-refractivity contribution in [2.24, 2.45) is 0 Å². The van der Waals surface area contributed by atoms with Gasteiger partial charge in [0.15, 0.2) is 10.9 Å². The predicted molar refractivity (Wildman–Crippen MR) is 84.9 cm³/mol. The van der Waals surface area contributed by atoms with Crippen LogP contribution in [0, 0.1) is 6.92 Å². The van der Waals surface area contributed by atoms with E-state index in [1.807, 2.05) is 0 Å². The van der Waals surface area contributed by atoms with Gasteiger partial charge in [-0.1, -0.05) is 23.4 Å². The fourth-order valence-electron chi connectivity index (χ4n) is 1.95. The molecule has 2 heterocycles. The summed E-state index contributed by atoms with van der Waals surface area (Å²) in [5.74, 6) is 0.472. The highest BCUT2D eigenvalue weighted by Crippen LogP contribution is 2.17. The molecule has 0 atom stereocenters. The zero-order chi connectivity index (χ0) is 15.7. The lowest BCUT2D eigenvalue weighted by molar-refractivity contribution is 0.102. The lowest BCUT2D eigenvalue weighted by Crippen LogP contribution is -2.14. The third-order valence-corrected chi connectivity index (χ3v) is 4.18. The molecule has 0 unspecified atom stereocenters. The van der Waals surface area contributed by atoms with Crippen LogP contribution in [0.3, 0.4) is 0 Å². The summed E-state index contributed by atoms with van der Waals surface area (Å²) >= 11 is 6.98. The molecule has 1 N–H and O–H groups in total. The zero-order valence-electron chi connectivity index (χ0n) is 11.5. The molecule has 6 nitrogen and oxygen atoms in total. The van der Waals surface area contributed by atoms with Gasteiger partial charge in [-0.25, -0.2) is 14.5 Å². The minimum Gasteiger partial charge on any atom is -0.293 e. The number of carbonyl (C=O) groups excluding carboxylic acids is 1. The summed E-state index contributed by atoms with van der Waals surface area (Å²) in [5.41, 5.74) is 0.957. The smallest absolute Gasteiger partial charge is 0.261 e. The van der Waals surface area contributed by atoms with Gasteiger partial charge in [-0.3, -0.25) is 9.59 Å². The molecule has 0 radical (unpaired) electrons. The van der Waals surface area contributed by atoms with E-state index in [1.54, 1.807) is 31.2 Å². The number of nitrogens with zero attached hydrogens (tertiary/aromatic N) is 3. The molecule has 0 aliphatic carbocycles.